The first-order chi connectivity index (χ1) is 6.57. The highest BCUT2D eigenvalue weighted by atomic mass is 16.5. The molecule has 0 unspecified atom stereocenters. The van der Waals surface area contributed by atoms with Crippen LogP contribution in [0, 0.1) is 0 Å². The van der Waals surface area contributed by atoms with Gasteiger partial charge in [-0.25, -0.2) is 4.79 Å². The molecule has 0 aromatic heterocycles. The molecule has 4 nitrogen and oxygen atoms in total. The Morgan fingerprint density at radius 1 is 1.43 bits per heavy atom. The van der Waals surface area contributed by atoms with E-state index in [4.69, 9.17) is 9.84 Å². The Balaban J connectivity index is 3.85. The lowest BCUT2D eigenvalue weighted by molar-refractivity contribution is -0.139. The molecular formula is C10H16O4. The molecule has 80 valence electrons. The van der Waals surface area contributed by atoms with Crippen LogP contribution in [-0.4, -0.2) is 23.7 Å². The first kappa shape index (κ1) is 12.7. The molecule has 0 aliphatic rings. The average Bonchev–Trinajstić information content (AvgIpc) is 2.13. The van der Waals surface area contributed by atoms with Crippen LogP contribution in [0.2, 0.25) is 0 Å². The lowest BCUT2D eigenvalue weighted by atomic mass is 10.2. The van der Waals surface area contributed by atoms with Gasteiger partial charge >= 0.3 is 11.9 Å². The predicted molar refractivity (Wildman–Crippen MR) is 51.9 cm³/mol. The Labute approximate surface area is 83.6 Å². The smallest absolute Gasteiger partial charge is 0.333 e. The van der Waals surface area contributed by atoms with Crippen LogP contribution in [0.1, 0.15) is 33.1 Å². The van der Waals surface area contributed by atoms with E-state index < -0.39 is 5.97 Å². The SMILES string of the molecule is CCCOC(=O)C(C)=CCCC(=O)O. The van der Waals surface area contributed by atoms with Gasteiger partial charge in [-0.15, -0.1) is 0 Å². The molecule has 1 N–H and O–H groups in total. The van der Waals surface area contributed by atoms with Gasteiger partial charge in [0.2, 0.25) is 0 Å². The van der Waals surface area contributed by atoms with Gasteiger partial charge in [-0.3, -0.25) is 4.79 Å². The van der Waals surface area contributed by atoms with Gasteiger partial charge in [-0.2, -0.15) is 0 Å². The van der Waals surface area contributed by atoms with E-state index in [2.05, 4.69) is 0 Å². The summed E-state index contributed by atoms with van der Waals surface area (Å²) in [5, 5.41) is 8.36. The third-order valence-electron chi connectivity index (χ3n) is 1.57. The molecule has 0 spiro atoms. The Morgan fingerprint density at radius 3 is 2.57 bits per heavy atom. The van der Waals surface area contributed by atoms with Gasteiger partial charge in [0.05, 0.1) is 6.61 Å². The predicted octanol–water partition coefficient (Wildman–Crippen LogP) is 1.75. The minimum atomic E-state index is -0.865. The molecule has 0 aliphatic carbocycles. The summed E-state index contributed by atoms with van der Waals surface area (Å²) in [7, 11) is 0. The van der Waals surface area contributed by atoms with Crippen molar-refractivity contribution in [3.05, 3.63) is 11.6 Å². The van der Waals surface area contributed by atoms with Crippen molar-refractivity contribution in [3.63, 3.8) is 0 Å². The van der Waals surface area contributed by atoms with Gasteiger partial charge in [0.15, 0.2) is 0 Å². The van der Waals surface area contributed by atoms with Gasteiger partial charge in [0.1, 0.15) is 0 Å². The van der Waals surface area contributed by atoms with Crippen LogP contribution in [-0.2, 0) is 14.3 Å². The number of ether oxygens (including phenoxy) is 1. The standard InChI is InChI=1S/C10H16O4/c1-3-7-14-10(13)8(2)5-4-6-9(11)12/h5H,3-4,6-7H2,1-2H3,(H,11,12). The highest BCUT2D eigenvalue weighted by Gasteiger charge is 2.04. The van der Waals surface area contributed by atoms with Crippen LogP contribution >= 0.6 is 0 Å². The number of carboxylic acids is 1. The molecule has 0 aromatic carbocycles. The molecule has 0 aliphatic heterocycles. The Morgan fingerprint density at radius 2 is 2.07 bits per heavy atom. The summed E-state index contributed by atoms with van der Waals surface area (Å²) in [6.45, 7) is 3.94. The molecule has 0 saturated carbocycles. The van der Waals surface area contributed by atoms with E-state index in [-0.39, 0.29) is 12.4 Å². The van der Waals surface area contributed by atoms with E-state index in [1.165, 1.54) is 0 Å². The van der Waals surface area contributed by atoms with E-state index in [0.717, 1.165) is 6.42 Å². The molecule has 0 heterocycles. The number of aliphatic carboxylic acids is 1. The molecule has 14 heavy (non-hydrogen) atoms. The number of rotatable bonds is 6. The van der Waals surface area contributed by atoms with E-state index in [1.807, 2.05) is 6.92 Å². The van der Waals surface area contributed by atoms with Crippen molar-refractivity contribution in [3.8, 4) is 0 Å². The third-order valence-corrected chi connectivity index (χ3v) is 1.57. The Hall–Kier alpha value is -1.32. The van der Waals surface area contributed by atoms with Crippen LogP contribution in [0.5, 0.6) is 0 Å². The summed E-state index contributed by atoms with van der Waals surface area (Å²) < 4.78 is 4.86. The summed E-state index contributed by atoms with van der Waals surface area (Å²) in [6.07, 6.45) is 2.78. The number of hydrogen-bond acceptors (Lipinski definition) is 3. The maximum atomic E-state index is 11.1. The number of esters is 1. The van der Waals surface area contributed by atoms with Crippen molar-refractivity contribution in [1.29, 1.82) is 0 Å². The van der Waals surface area contributed by atoms with Gasteiger partial charge in [0, 0.05) is 12.0 Å². The van der Waals surface area contributed by atoms with Gasteiger partial charge in [0.25, 0.3) is 0 Å². The molecule has 0 bridgehead atoms. The van der Waals surface area contributed by atoms with Gasteiger partial charge < -0.3 is 9.84 Å². The summed E-state index contributed by atoms with van der Waals surface area (Å²) in [4.78, 5) is 21.3. The first-order valence-electron chi connectivity index (χ1n) is 4.63. The van der Waals surface area contributed by atoms with E-state index >= 15 is 0 Å². The second-order valence-corrected chi connectivity index (χ2v) is 2.96. The fourth-order valence-electron chi connectivity index (χ4n) is 0.804. The number of allylic oxidation sites excluding steroid dienone is 1. The lowest BCUT2D eigenvalue weighted by Crippen LogP contribution is -2.06. The maximum absolute atomic E-state index is 11.1. The van der Waals surface area contributed by atoms with Crippen molar-refractivity contribution >= 4 is 11.9 Å². The molecule has 0 atom stereocenters. The molecule has 0 rings (SSSR count). The summed E-state index contributed by atoms with van der Waals surface area (Å²) >= 11 is 0. The van der Waals surface area contributed by atoms with Crippen LogP contribution in [0.15, 0.2) is 11.6 Å². The summed E-state index contributed by atoms with van der Waals surface area (Å²) in [5.74, 6) is -1.23. The second kappa shape index (κ2) is 7.12. The van der Waals surface area contributed by atoms with Gasteiger partial charge in [-0.1, -0.05) is 13.0 Å². The largest absolute Gasteiger partial charge is 0.481 e. The summed E-state index contributed by atoms with van der Waals surface area (Å²) in [5.41, 5.74) is 0.472. The zero-order valence-corrected chi connectivity index (χ0v) is 8.58. The monoisotopic (exact) mass is 200 g/mol. The summed E-state index contributed by atoms with van der Waals surface area (Å²) in [6, 6.07) is 0. The van der Waals surface area contributed by atoms with Crippen LogP contribution in [0.4, 0.5) is 0 Å². The van der Waals surface area contributed by atoms with Crippen molar-refractivity contribution < 1.29 is 19.4 Å². The molecule has 0 fully saturated rings. The van der Waals surface area contributed by atoms with E-state index in [1.54, 1.807) is 13.0 Å². The zero-order valence-electron chi connectivity index (χ0n) is 8.58. The first-order valence-corrected chi connectivity index (χ1v) is 4.63. The minimum Gasteiger partial charge on any atom is -0.481 e. The fraction of sp³-hybridized carbons (Fsp3) is 0.600. The van der Waals surface area contributed by atoms with Crippen LogP contribution in [0.25, 0.3) is 0 Å². The van der Waals surface area contributed by atoms with Crippen LogP contribution < -0.4 is 0 Å². The highest BCUT2D eigenvalue weighted by Crippen LogP contribution is 2.01. The number of carbonyl (C=O) groups is 2. The van der Waals surface area contributed by atoms with Crippen molar-refractivity contribution in [2.45, 2.75) is 33.1 Å². The van der Waals surface area contributed by atoms with Gasteiger partial charge in [-0.05, 0) is 19.8 Å². The van der Waals surface area contributed by atoms with Crippen molar-refractivity contribution in [2.75, 3.05) is 6.61 Å². The second-order valence-electron chi connectivity index (χ2n) is 2.96. The molecule has 0 amide bonds. The highest BCUT2D eigenvalue weighted by molar-refractivity contribution is 5.87. The number of hydrogen-bond donors (Lipinski definition) is 1. The number of carbonyl (C=O) groups excluding carboxylic acids is 1. The van der Waals surface area contributed by atoms with Crippen molar-refractivity contribution in [2.24, 2.45) is 0 Å². The lowest BCUT2D eigenvalue weighted by Gasteiger charge is -2.02. The minimum absolute atomic E-state index is 0.0401. The third kappa shape index (κ3) is 6.22. The fourth-order valence-corrected chi connectivity index (χ4v) is 0.804. The van der Waals surface area contributed by atoms with E-state index in [0.29, 0.717) is 18.6 Å². The maximum Gasteiger partial charge on any atom is 0.333 e. The van der Waals surface area contributed by atoms with Crippen LogP contribution in [0.3, 0.4) is 0 Å². The quantitative estimate of drug-likeness (QED) is 0.524. The Bertz CT molecular complexity index is 230. The number of carboxylic acid groups (broad SMARTS) is 1. The molecule has 0 radical (unpaired) electrons. The zero-order chi connectivity index (χ0) is 11.0. The topological polar surface area (TPSA) is 63.6 Å². The normalized spacial score (nSPS) is 11.1. The van der Waals surface area contributed by atoms with E-state index in [9.17, 15) is 9.59 Å². The molecule has 4 heteroatoms. The van der Waals surface area contributed by atoms with Crippen molar-refractivity contribution in [1.82, 2.24) is 0 Å². The molecule has 0 saturated heterocycles. The Kier molecular flexibility index (Phi) is 6.45. The average molecular weight is 200 g/mol. The molecule has 0 aromatic rings. The molecular weight excluding hydrogens is 184 g/mol.